The van der Waals surface area contributed by atoms with Gasteiger partial charge < -0.3 is 5.11 Å². The van der Waals surface area contributed by atoms with Crippen LogP contribution in [-0.4, -0.2) is 11.1 Å². The summed E-state index contributed by atoms with van der Waals surface area (Å²) in [6.07, 6.45) is 2.09. The minimum Gasteiger partial charge on any atom is -0.481 e. The van der Waals surface area contributed by atoms with Gasteiger partial charge in [-0.1, -0.05) is 28.1 Å². The lowest BCUT2D eigenvalue weighted by atomic mass is 9.94. The molecule has 1 aromatic carbocycles. The molecule has 0 aromatic heterocycles. The van der Waals surface area contributed by atoms with E-state index in [1.165, 1.54) is 0 Å². The van der Waals surface area contributed by atoms with E-state index in [2.05, 4.69) is 15.9 Å². The molecular weight excluding hydrogens is 256 g/mol. The van der Waals surface area contributed by atoms with E-state index in [0.29, 0.717) is 5.92 Å². The number of hydrogen-bond donors (Lipinski definition) is 1. The van der Waals surface area contributed by atoms with Crippen LogP contribution in [0.2, 0.25) is 0 Å². The fourth-order valence-electron chi connectivity index (χ4n) is 1.85. The summed E-state index contributed by atoms with van der Waals surface area (Å²) in [6.45, 7) is 2.00. The van der Waals surface area contributed by atoms with Gasteiger partial charge in [0.2, 0.25) is 0 Å². The number of halogens is 1. The summed E-state index contributed by atoms with van der Waals surface area (Å²) in [7, 11) is 0. The summed E-state index contributed by atoms with van der Waals surface area (Å²) < 4.78 is 0.993. The maximum atomic E-state index is 11.2. The molecule has 0 aliphatic heterocycles. The van der Waals surface area contributed by atoms with E-state index in [9.17, 15) is 9.90 Å². The molecule has 1 saturated carbocycles. The topological polar surface area (TPSA) is 37.3 Å². The summed E-state index contributed by atoms with van der Waals surface area (Å²) in [5, 5.41) is 9.18. The van der Waals surface area contributed by atoms with E-state index in [1.807, 2.05) is 25.1 Å². The van der Waals surface area contributed by atoms with Crippen molar-refractivity contribution in [1.29, 1.82) is 0 Å². The highest BCUT2D eigenvalue weighted by molar-refractivity contribution is 9.10. The molecule has 1 aromatic rings. The van der Waals surface area contributed by atoms with Crippen LogP contribution in [-0.2, 0) is 4.79 Å². The number of hydrogen-bond acceptors (Lipinski definition) is 1. The summed E-state index contributed by atoms with van der Waals surface area (Å²) in [4.78, 5) is 11.2. The van der Waals surface area contributed by atoms with Gasteiger partial charge in [0.1, 0.15) is 0 Å². The average molecular weight is 269 g/mol. The molecule has 3 heteroatoms. The van der Waals surface area contributed by atoms with Gasteiger partial charge in [0.05, 0.1) is 5.92 Å². The number of carboxylic acid groups (broad SMARTS) is 1. The third-order valence-corrected chi connectivity index (χ3v) is 3.77. The Hall–Kier alpha value is -0.830. The van der Waals surface area contributed by atoms with E-state index in [0.717, 1.165) is 28.4 Å². The largest absolute Gasteiger partial charge is 0.481 e. The van der Waals surface area contributed by atoms with Crippen molar-refractivity contribution in [2.45, 2.75) is 25.7 Å². The minimum atomic E-state index is -0.701. The number of aliphatic carboxylic acids is 1. The molecule has 1 unspecified atom stereocenters. The highest BCUT2D eigenvalue weighted by atomic mass is 79.9. The lowest BCUT2D eigenvalue weighted by Crippen LogP contribution is -2.13. The van der Waals surface area contributed by atoms with Gasteiger partial charge in [0, 0.05) is 4.47 Å². The summed E-state index contributed by atoms with van der Waals surface area (Å²) in [5.74, 6) is -0.674. The van der Waals surface area contributed by atoms with Crippen LogP contribution in [0.3, 0.4) is 0 Å². The molecule has 0 amide bonds. The molecule has 0 saturated heterocycles. The van der Waals surface area contributed by atoms with E-state index >= 15 is 0 Å². The van der Waals surface area contributed by atoms with Crippen LogP contribution in [0.4, 0.5) is 0 Å². The van der Waals surface area contributed by atoms with Crippen molar-refractivity contribution in [3.05, 3.63) is 33.8 Å². The first-order chi connectivity index (χ1) is 7.09. The van der Waals surface area contributed by atoms with E-state index in [-0.39, 0.29) is 5.92 Å². The predicted octanol–water partition coefficient (Wildman–Crippen LogP) is 3.34. The molecule has 0 radical (unpaired) electrons. The Kier molecular flexibility index (Phi) is 2.83. The van der Waals surface area contributed by atoms with Gasteiger partial charge in [0.25, 0.3) is 0 Å². The Morgan fingerprint density at radius 1 is 1.53 bits per heavy atom. The van der Waals surface area contributed by atoms with E-state index in [4.69, 9.17) is 0 Å². The van der Waals surface area contributed by atoms with Gasteiger partial charge in [-0.25, -0.2) is 0 Å². The third kappa shape index (κ3) is 2.23. The average Bonchev–Trinajstić information content (AvgIpc) is 2.95. The Labute approximate surface area is 97.4 Å². The maximum absolute atomic E-state index is 11.2. The quantitative estimate of drug-likeness (QED) is 0.913. The van der Waals surface area contributed by atoms with Crippen molar-refractivity contribution in [1.82, 2.24) is 0 Å². The van der Waals surface area contributed by atoms with Gasteiger partial charge in [0.15, 0.2) is 0 Å². The summed E-state index contributed by atoms with van der Waals surface area (Å²) >= 11 is 3.44. The Morgan fingerprint density at radius 3 is 2.67 bits per heavy atom. The highest BCUT2D eigenvalue weighted by Gasteiger charge is 2.37. The molecule has 1 fully saturated rings. The molecule has 80 valence electrons. The number of aryl methyl sites for hydroxylation is 1. The van der Waals surface area contributed by atoms with Crippen molar-refractivity contribution in [2.24, 2.45) is 5.92 Å². The first kappa shape index (κ1) is 10.7. The van der Waals surface area contributed by atoms with Crippen LogP contribution in [0, 0.1) is 12.8 Å². The van der Waals surface area contributed by atoms with Crippen LogP contribution in [0.5, 0.6) is 0 Å². The lowest BCUT2D eigenvalue weighted by Gasteiger charge is -2.12. The van der Waals surface area contributed by atoms with Crippen molar-refractivity contribution in [3.8, 4) is 0 Å². The Bertz CT molecular complexity index is 397. The molecule has 0 spiro atoms. The van der Waals surface area contributed by atoms with Crippen LogP contribution >= 0.6 is 15.9 Å². The summed E-state index contributed by atoms with van der Waals surface area (Å²) in [6, 6.07) is 5.83. The molecule has 2 rings (SSSR count). The standard InChI is InChI=1S/C12H13BrO2/c1-7-2-3-9(6-10(7)13)11(12(14)15)8-4-5-8/h2-3,6,8,11H,4-5H2,1H3,(H,14,15). The molecule has 0 bridgehead atoms. The van der Waals surface area contributed by atoms with Crippen molar-refractivity contribution < 1.29 is 9.90 Å². The van der Waals surface area contributed by atoms with Crippen LogP contribution < -0.4 is 0 Å². The minimum absolute atomic E-state index is 0.318. The van der Waals surface area contributed by atoms with Gasteiger partial charge >= 0.3 is 5.97 Å². The molecule has 2 nitrogen and oxygen atoms in total. The van der Waals surface area contributed by atoms with Crippen molar-refractivity contribution in [3.63, 3.8) is 0 Å². The molecule has 1 atom stereocenters. The second-order valence-electron chi connectivity index (χ2n) is 4.16. The Morgan fingerprint density at radius 2 is 2.20 bits per heavy atom. The maximum Gasteiger partial charge on any atom is 0.311 e. The number of benzene rings is 1. The molecule has 15 heavy (non-hydrogen) atoms. The lowest BCUT2D eigenvalue weighted by molar-refractivity contribution is -0.139. The van der Waals surface area contributed by atoms with Crippen LogP contribution in [0.25, 0.3) is 0 Å². The summed E-state index contributed by atoms with van der Waals surface area (Å²) in [5.41, 5.74) is 2.06. The predicted molar refractivity (Wildman–Crippen MR) is 62.0 cm³/mol. The van der Waals surface area contributed by atoms with Crippen LogP contribution in [0.15, 0.2) is 22.7 Å². The smallest absolute Gasteiger partial charge is 0.311 e. The van der Waals surface area contributed by atoms with E-state index < -0.39 is 5.97 Å². The van der Waals surface area contributed by atoms with Gasteiger partial charge in [-0.2, -0.15) is 0 Å². The first-order valence-corrected chi connectivity index (χ1v) is 5.87. The fraction of sp³-hybridized carbons (Fsp3) is 0.417. The first-order valence-electron chi connectivity index (χ1n) is 5.08. The van der Waals surface area contributed by atoms with Crippen LogP contribution in [0.1, 0.15) is 29.9 Å². The normalized spacial score (nSPS) is 17.5. The number of carbonyl (C=O) groups is 1. The zero-order valence-electron chi connectivity index (χ0n) is 8.53. The molecular formula is C12H13BrO2. The SMILES string of the molecule is Cc1ccc(C(C(=O)O)C2CC2)cc1Br. The highest BCUT2D eigenvalue weighted by Crippen LogP contribution is 2.43. The third-order valence-electron chi connectivity index (χ3n) is 2.91. The van der Waals surface area contributed by atoms with Gasteiger partial charge in [-0.3, -0.25) is 4.79 Å². The zero-order chi connectivity index (χ0) is 11.0. The second kappa shape index (κ2) is 3.97. The van der Waals surface area contributed by atoms with E-state index in [1.54, 1.807) is 0 Å². The van der Waals surface area contributed by atoms with Crippen molar-refractivity contribution in [2.75, 3.05) is 0 Å². The van der Waals surface area contributed by atoms with Gasteiger partial charge in [-0.05, 0) is 42.9 Å². The number of rotatable bonds is 3. The molecule has 0 heterocycles. The molecule has 1 N–H and O–H groups in total. The molecule has 1 aliphatic rings. The zero-order valence-corrected chi connectivity index (χ0v) is 10.1. The van der Waals surface area contributed by atoms with Gasteiger partial charge in [-0.15, -0.1) is 0 Å². The number of carboxylic acids is 1. The second-order valence-corrected chi connectivity index (χ2v) is 5.02. The fourth-order valence-corrected chi connectivity index (χ4v) is 2.24. The molecule has 1 aliphatic carbocycles. The van der Waals surface area contributed by atoms with Crippen molar-refractivity contribution >= 4 is 21.9 Å². The monoisotopic (exact) mass is 268 g/mol. The Balaban J connectivity index is 2.33.